The van der Waals surface area contributed by atoms with Gasteiger partial charge in [-0.1, -0.05) is 89.2 Å². The third-order valence-corrected chi connectivity index (χ3v) is 11.3. The second-order valence-corrected chi connectivity index (χ2v) is 15.7. The summed E-state index contributed by atoms with van der Waals surface area (Å²) >= 11 is 0. The molecule has 6 rings (SSSR count). The fraction of sp³-hybridized carbons (Fsp3) is 0.422. The number of carbonyl (C=O) groups is 3. The lowest BCUT2D eigenvalue weighted by Crippen LogP contribution is -2.54. The van der Waals surface area contributed by atoms with Crippen molar-refractivity contribution in [2.45, 2.75) is 90.3 Å². The first-order valence-electron chi connectivity index (χ1n) is 19.6. The fourth-order valence-corrected chi connectivity index (χ4v) is 8.28. The number of anilines is 1. The number of likely N-dealkylation sites (tertiary alicyclic amines) is 2. The van der Waals surface area contributed by atoms with Crippen LogP contribution in [0, 0.1) is 5.92 Å². The van der Waals surface area contributed by atoms with Crippen LogP contribution in [0.2, 0.25) is 0 Å². The van der Waals surface area contributed by atoms with Crippen LogP contribution in [0.15, 0.2) is 79.5 Å². The van der Waals surface area contributed by atoms with Crippen molar-refractivity contribution in [1.29, 1.82) is 0 Å². The molecule has 2 fully saturated rings. The van der Waals surface area contributed by atoms with Gasteiger partial charge in [-0.2, -0.15) is 0 Å². The molecule has 2 aliphatic rings. The van der Waals surface area contributed by atoms with Gasteiger partial charge in [0.05, 0.1) is 25.0 Å². The number of rotatable bonds is 12. The summed E-state index contributed by atoms with van der Waals surface area (Å²) in [6.45, 7) is 16.1. The van der Waals surface area contributed by atoms with Gasteiger partial charge < -0.3 is 25.3 Å². The molecule has 4 aromatic rings. The van der Waals surface area contributed by atoms with Crippen molar-refractivity contribution in [3.05, 3.63) is 96.5 Å². The lowest BCUT2D eigenvalue weighted by molar-refractivity contribution is -0.139. The number of allylic oxidation sites excluding steroid dienone is 1. The number of aromatic amines is 1. The molecular weight excluding hydrogens is 689 g/mol. The number of carbonyl (C=O) groups excluding carboxylic acids is 3. The number of alkyl carbamates (subject to hydrolysis) is 1. The zero-order valence-corrected chi connectivity index (χ0v) is 33.3. The van der Waals surface area contributed by atoms with Gasteiger partial charge in [-0.15, -0.1) is 6.58 Å². The molecule has 1 aromatic heterocycles. The SMILES string of the molecule is C=CC(C)c1c(-c2cccc(NC(=O)C3CCCN3C(=O)C(NC(=O)OC)C(C)C)c2)ccc(-c2ccc(-c3cnc(C4CCCN4C)[nH]3)cc2)c1C(C)C. The number of methoxy groups -OCH3 is 1. The van der Waals surface area contributed by atoms with Gasteiger partial charge in [0.2, 0.25) is 11.8 Å². The van der Waals surface area contributed by atoms with Crippen LogP contribution >= 0.6 is 0 Å². The number of ether oxygens (including phenoxy) is 1. The van der Waals surface area contributed by atoms with E-state index in [2.05, 4.69) is 97.4 Å². The Morgan fingerprint density at radius 2 is 1.60 bits per heavy atom. The Morgan fingerprint density at radius 3 is 2.24 bits per heavy atom. The maximum absolute atomic E-state index is 13.8. The summed E-state index contributed by atoms with van der Waals surface area (Å²) in [6.07, 6.45) is 6.83. The molecule has 3 amide bonds. The number of H-pyrrole nitrogens is 1. The molecule has 3 N–H and O–H groups in total. The van der Waals surface area contributed by atoms with Crippen molar-refractivity contribution in [2.75, 3.05) is 32.6 Å². The smallest absolute Gasteiger partial charge is 0.407 e. The van der Waals surface area contributed by atoms with Crippen molar-refractivity contribution in [3.8, 4) is 33.5 Å². The molecule has 0 radical (unpaired) electrons. The number of hydrogen-bond donors (Lipinski definition) is 3. The first-order valence-corrected chi connectivity index (χ1v) is 19.6. The summed E-state index contributed by atoms with van der Waals surface area (Å²) in [5.74, 6) is 0.607. The van der Waals surface area contributed by atoms with Crippen molar-refractivity contribution in [3.63, 3.8) is 0 Å². The summed E-state index contributed by atoms with van der Waals surface area (Å²) in [4.78, 5) is 51.6. The number of nitrogens with one attached hydrogen (secondary N) is 3. The summed E-state index contributed by atoms with van der Waals surface area (Å²) in [5.41, 5.74) is 9.65. The van der Waals surface area contributed by atoms with Crippen molar-refractivity contribution < 1.29 is 19.1 Å². The van der Waals surface area contributed by atoms with E-state index in [9.17, 15) is 14.4 Å². The highest BCUT2D eigenvalue weighted by atomic mass is 16.5. The Hall–Kier alpha value is -5.22. The van der Waals surface area contributed by atoms with Gasteiger partial charge in [-0.25, -0.2) is 9.78 Å². The zero-order valence-electron chi connectivity index (χ0n) is 33.3. The van der Waals surface area contributed by atoms with E-state index in [1.54, 1.807) is 4.90 Å². The van der Waals surface area contributed by atoms with E-state index in [1.165, 1.54) is 30.2 Å². The number of nitrogens with zero attached hydrogens (tertiary/aromatic N) is 3. The molecule has 0 aliphatic carbocycles. The molecule has 3 aromatic carbocycles. The summed E-state index contributed by atoms with van der Waals surface area (Å²) in [5, 5.41) is 5.75. The Bertz CT molecular complexity index is 2020. The van der Waals surface area contributed by atoms with Gasteiger partial charge in [0, 0.05) is 12.2 Å². The lowest BCUT2D eigenvalue weighted by Gasteiger charge is -2.30. The van der Waals surface area contributed by atoms with E-state index in [4.69, 9.17) is 9.72 Å². The molecule has 55 heavy (non-hydrogen) atoms. The van der Waals surface area contributed by atoms with Crippen LogP contribution in [0.4, 0.5) is 10.5 Å². The summed E-state index contributed by atoms with van der Waals surface area (Å²) < 4.78 is 4.75. The molecule has 0 saturated carbocycles. The maximum Gasteiger partial charge on any atom is 0.407 e. The van der Waals surface area contributed by atoms with Crippen LogP contribution in [0.25, 0.3) is 33.5 Å². The topological polar surface area (TPSA) is 120 Å². The molecule has 3 heterocycles. The minimum Gasteiger partial charge on any atom is -0.453 e. The highest BCUT2D eigenvalue weighted by Gasteiger charge is 2.39. The lowest BCUT2D eigenvalue weighted by atomic mass is 9.79. The summed E-state index contributed by atoms with van der Waals surface area (Å²) in [6, 6.07) is 19.9. The second-order valence-electron chi connectivity index (χ2n) is 15.7. The Labute approximate surface area is 325 Å². The van der Waals surface area contributed by atoms with Crippen molar-refractivity contribution in [1.82, 2.24) is 25.1 Å². The van der Waals surface area contributed by atoms with E-state index in [1.807, 2.05) is 44.3 Å². The van der Waals surface area contributed by atoms with Gasteiger partial charge in [-0.3, -0.25) is 14.5 Å². The number of imidazole rings is 1. The number of benzene rings is 3. The maximum atomic E-state index is 13.8. The molecule has 2 aliphatic heterocycles. The van der Waals surface area contributed by atoms with Gasteiger partial charge in [0.1, 0.15) is 17.9 Å². The third kappa shape index (κ3) is 8.39. The van der Waals surface area contributed by atoms with Crippen molar-refractivity contribution in [2.24, 2.45) is 5.92 Å². The first kappa shape index (κ1) is 39.5. The van der Waals surface area contributed by atoms with Gasteiger partial charge >= 0.3 is 6.09 Å². The van der Waals surface area contributed by atoms with E-state index < -0.39 is 18.2 Å². The average molecular weight is 745 g/mol. The van der Waals surface area contributed by atoms with Gasteiger partial charge in [0.15, 0.2) is 0 Å². The minimum absolute atomic E-state index is 0.0626. The van der Waals surface area contributed by atoms with Gasteiger partial charge in [-0.05, 0) is 108 Å². The van der Waals surface area contributed by atoms with Crippen LogP contribution in [0.5, 0.6) is 0 Å². The minimum atomic E-state index is -0.793. The average Bonchev–Trinajstić information content (AvgIpc) is 3.97. The van der Waals surface area contributed by atoms with Crippen LogP contribution in [0.1, 0.15) is 95.1 Å². The van der Waals surface area contributed by atoms with Gasteiger partial charge in [0.25, 0.3) is 0 Å². The highest BCUT2D eigenvalue weighted by molar-refractivity contribution is 5.99. The largest absolute Gasteiger partial charge is 0.453 e. The molecule has 0 bridgehead atoms. The number of aromatic nitrogens is 2. The number of hydrogen-bond acceptors (Lipinski definition) is 6. The van der Waals surface area contributed by atoms with Crippen LogP contribution in [-0.2, 0) is 14.3 Å². The Balaban J connectivity index is 1.26. The van der Waals surface area contributed by atoms with E-state index in [0.717, 1.165) is 46.7 Å². The number of amides is 3. The molecule has 10 nitrogen and oxygen atoms in total. The third-order valence-electron chi connectivity index (χ3n) is 11.3. The van der Waals surface area contributed by atoms with E-state index in [0.29, 0.717) is 31.1 Å². The molecule has 4 unspecified atom stereocenters. The zero-order chi connectivity index (χ0) is 39.4. The highest BCUT2D eigenvalue weighted by Crippen LogP contribution is 2.42. The van der Waals surface area contributed by atoms with E-state index >= 15 is 0 Å². The predicted molar refractivity (Wildman–Crippen MR) is 220 cm³/mol. The molecule has 4 atom stereocenters. The Kier molecular flexibility index (Phi) is 12.2. The standard InChI is InChI=1S/C45H56N6O4/c1-9-29(6)40-35(32-13-10-14-33(25-32)47-43(52)38-16-12-24-51(38)44(53)41(28(4)5)49-45(54)55-8)22-21-34(39(40)27(2)3)30-17-19-31(20-18-30)36-26-46-42(48-36)37-15-11-23-50(37)7/h9-10,13-14,17-22,25-29,37-38,41H,1,11-12,15-16,23-24H2,2-8H3,(H,46,48)(H,47,52)(H,49,54). The quantitative estimate of drug-likeness (QED) is 0.125. The molecular formula is C45H56N6O4. The van der Waals surface area contributed by atoms with Crippen molar-refractivity contribution >= 4 is 23.6 Å². The molecule has 290 valence electrons. The predicted octanol–water partition coefficient (Wildman–Crippen LogP) is 8.90. The Morgan fingerprint density at radius 1 is 0.909 bits per heavy atom. The molecule has 10 heteroatoms. The summed E-state index contributed by atoms with van der Waals surface area (Å²) in [7, 11) is 3.43. The fourth-order valence-electron chi connectivity index (χ4n) is 8.28. The molecule has 0 spiro atoms. The second kappa shape index (κ2) is 17.1. The van der Waals surface area contributed by atoms with Crippen LogP contribution in [-0.4, -0.2) is 77.0 Å². The monoisotopic (exact) mass is 744 g/mol. The molecule has 2 saturated heterocycles. The van der Waals surface area contributed by atoms with Crippen LogP contribution in [0.3, 0.4) is 0 Å². The van der Waals surface area contributed by atoms with Crippen LogP contribution < -0.4 is 10.6 Å². The van der Waals surface area contributed by atoms with E-state index in [-0.39, 0.29) is 29.6 Å². The normalized spacial score (nSPS) is 18.4. The first-order chi connectivity index (χ1) is 26.4.